The van der Waals surface area contributed by atoms with Gasteiger partial charge in [-0.2, -0.15) is 0 Å². The normalized spacial score (nSPS) is 19.2. The number of sulfone groups is 1. The maximum atomic E-state index is 14.1. The first-order valence-electron chi connectivity index (χ1n) is 7.66. The Bertz CT molecular complexity index is 930. The number of rotatable bonds is 3. The molecule has 1 aliphatic heterocycles. The van der Waals surface area contributed by atoms with Crippen LogP contribution in [0.25, 0.3) is 0 Å². The van der Waals surface area contributed by atoms with Crippen molar-refractivity contribution in [3.8, 4) is 5.75 Å². The monoisotopic (exact) mass is 351 g/mol. The van der Waals surface area contributed by atoms with E-state index in [-0.39, 0.29) is 46.5 Å². The molecule has 6 nitrogen and oxygen atoms in total. The molecule has 1 aromatic carbocycles. The molecular weight excluding hydrogens is 337 g/mol. The zero-order valence-electron chi connectivity index (χ0n) is 12.6. The number of carbonyl (C=O) groups excluding carboxylic acids is 1. The van der Waals surface area contributed by atoms with Crippen LogP contribution in [0.3, 0.4) is 0 Å². The molecule has 126 valence electrons. The van der Waals surface area contributed by atoms with Crippen molar-refractivity contribution in [2.45, 2.75) is 30.1 Å². The van der Waals surface area contributed by atoms with E-state index in [9.17, 15) is 17.6 Å². The van der Waals surface area contributed by atoms with Crippen LogP contribution in [0.4, 0.5) is 4.39 Å². The van der Waals surface area contributed by atoms with Crippen LogP contribution >= 0.6 is 0 Å². The SMILES string of the molecule is O=C(c1cnoc1C1CC1)c1ccc(F)c2c1S(=O)(=O)CCCO2. The molecule has 4 rings (SSSR count). The smallest absolute Gasteiger partial charge is 0.199 e. The van der Waals surface area contributed by atoms with E-state index in [2.05, 4.69) is 5.16 Å². The van der Waals surface area contributed by atoms with Crippen LogP contribution in [0.15, 0.2) is 27.7 Å². The van der Waals surface area contributed by atoms with E-state index in [1.165, 1.54) is 12.3 Å². The first kappa shape index (κ1) is 15.3. The quantitative estimate of drug-likeness (QED) is 0.790. The number of aromatic nitrogens is 1. The molecule has 1 fully saturated rings. The van der Waals surface area contributed by atoms with Crippen molar-refractivity contribution < 1.29 is 26.9 Å². The van der Waals surface area contributed by atoms with Crippen molar-refractivity contribution in [3.05, 3.63) is 41.0 Å². The average molecular weight is 351 g/mol. The van der Waals surface area contributed by atoms with Gasteiger partial charge in [-0.15, -0.1) is 0 Å². The molecule has 0 saturated heterocycles. The molecule has 1 aliphatic carbocycles. The van der Waals surface area contributed by atoms with Gasteiger partial charge in [0.1, 0.15) is 4.90 Å². The second-order valence-corrected chi connectivity index (χ2v) is 8.03. The molecule has 0 amide bonds. The number of ketones is 1. The Labute approximate surface area is 137 Å². The highest BCUT2D eigenvalue weighted by Gasteiger charge is 2.36. The molecule has 0 bridgehead atoms. The van der Waals surface area contributed by atoms with Gasteiger partial charge in [0.05, 0.1) is 24.1 Å². The van der Waals surface area contributed by atoms with Crippen molar-refractivity contribution in [1.29, 1.82) is 0 Å². The molecule has 2 heterocycles. The predicted molar refractivity (Wildman–Crippen MR) is 80.5 cm³/mol. The van der Waals surface area contributed by atoms with Gasteiger partial charge in [0.15, 0.2) is 32.9 Å². The van der Waals surface area contributed by atoms with Crippen LogP contribution in [0.2, 0.25) is 0 Å². The van der Waals surface area contributed by atoms with Crippen LogP contribution in [-0.4, -0.2) is 31.7 Å². The van der Waals surface area contributed by atoms with Gasteiger partial charge in [0.25, 0.3) is 0 Å². The molecule has 2 aromatic rings. The molecule has 24 heavy (non-hydrogen) atoms. The topological polar surface area (TPSA) is 86.5 Å². The molecule has 0 N–H and O–H groups in total. The number of hydrogen-bond donors (Lipinski definition) is 0. The van der Waals surface area contributed by atoms with Crippen molar-refractivity contribution in [3.63, 3.8) is 0 Å². The van der Waals surface area contributed by atoms with E-state index >= 15 is 0 Å². The fourth-order valence-corrected chi connectivity index (χ4v) is 4.53. The highest BCUT2D eigenvalue weighted by atomic mass is 32.2. The summed E-state index contributed by atoms with van der Waals surface area (Å²) in [6, 6.07) is 2.24. The second-order valence-electron chi connectivity index (χ2n) is 5.98. The molecule has 1 aromatic heterocycles. The van der Waals surface area contributed by atoms with Gasteiger partial charge in [0.2, 0.25) is 0 Å². The van der Waals surface area contributed by atoms with Gasteiger partial charge in [-0.05, 0) is 31.4 Å². The minimum Gasteiger partial charge on any atom is -0.489 e. The van der Waals surface area contributed by atoms with E-state index < -0.39 is 21.4 Å². The van der Waals surface area contributed by atoms with Gasteiger partial charge < -0.3 is 9.26 Å². The molecule has 1 saturated carbocycles. The third-order valence-corrected chi connectivity index (χ3v) is 6.07. The van der Waals surface area contributed by atoms with Crippen molar-refractivity contribution in [1.82, 2.24) is 5.16 Å². The molecule has 0 radical (unpaired) electrons. The molecule has 0 atom stereocenters. The second kappa shape index (κ2) is 5.41. The fraction of sp³-hybridized carbons (Fsp3) is 0.375. The van der Waals surface area contributed by atoms with Gasteiger partial charge in [0, 0.05) is 11.5 Å². The summed E-state index contributed by atoms with van der Waals surface area (Å²) in [6.45, 7) is 0.0847. The van der Waals surface area contributed by atoms with Gasteiger partial charge in [-0.25, -0.2) is 12.8 Å². The number of carbonyl (C=O) groups is 1. The number of ether oxygens (including phenoxy) is 1. The predicted octanol–water partition coefficient (Wildman–Crippen LogP) is 2.48. The average Bonchev–Trinajstić information content (AvgIpc) is 3.30. The van der Waals surface area contributed by atoms with Gasteiger partial charge in [-0.3, -0.25) is 4.79 Å². The lowest BCUT2D eigenvalue weighted by Gasteiger charge is -2.12. The molecule has 0 spiro atoms. The first-order valence-corrected chi connectivity index (χ1v) is 9.31. The number of fused-ring (bicyclic) bond motifs is 1. The molecule has 2 aliphatic rings. The summed E-state index contributed by atoms with van der Waals surface area (Å²) in [7, 11) is -3.82. The Kier molecular flexibility index (Phi) is 3.45. The summed E-state index contributed by atoms with van der Waals surface area (Å²) < 4.78 is 49.6. The van der Waals surface area contributed by atoms with Crippen LogP contribution in [0.5, 0.6) is 5.75 Å². The molecular formula is C16H14FNO5S. The summed E-state index contributed by atoms with van der Waals surface area (Å²) in [5.41, 5.74) is 0.129. The third-order valence-electron chi connectivity index (χ3n) is 4.21. The summed E-state index contributed by atoms with van der Waals surface area (Å²) in [5.74, 6) is -1.29. The van der Waals surface area contributed by atoms with E-state index in [1.54, 1.807) is 0 Å². The van der Waals surface area contributed by atoms with Crippen LogP contribution < -0.4 is 4.74 Å². The Morgan fingerprint density at radius 1 is 1.25 bits per heavy atom. The highest BCUT2D eigenvalue weighted by molar-refractivity contribution is 7.91. The minimum atomic E-state index is -3.82. The first-order chi connectivity index (χ1) is 11.5. The van der Waals surface area contributed by atoms with Crippen molar-refractivity contribution >= 4 is 15.6 Å². The van der Waals surface area contributed by atoms with Crippen LogP contribution in [0, 0.1) is 5.82 Å². The summed E-state index contributed by atoms with van der Waals surface area (Å²) >= 11 is 0. The largest absolute Gasteiger partial charge is 0.489 e. The van der Waals surface area contributed by atoms with Crippen LogP contribution in [0.1, 0.15) is 46.9 Å². The van der Waals surface area contributed by atoms with Crippen LogP contribution in [-0.2, 0) is 9.84 Å². The number of nitrogens with zero attached hydrogens (tertiary/aromatic N) is 1. The lowest BCUT2D eigenvalue weighted by atomic mass is 10.0. The zero-order valence-corrected chi connectivity index (χ0v) is 13.4. The summed E-state index contributed by atoms with van der Waals surface area (Å²) in [6.07, 6.45) is 3.33. The Hall–Kier alpha value is -2.22. The maximum absolute atomic E-state index is 14.1. The number of halogens is 1. The third kappa shape index (κ3) is 2.41. The number of hydrogen-bond acceptors (Lipinski definition) is 6. The van der Waals surface area contributed by atoms with Gasteiger partial charge >= 0.3 is 0 Å². The van der Waals surface area contributed by atoms with Crippen molar-refractivity contribution in [2.24, 2.45) is 0 Å². The Balaban J connectivity index is 1.90. The van der Waals surface area contributed by atoms with E-state index in [0.29, 0.717) is 5.76 Å². The lowest BCUT2D eigenvalue weighted by molar-refractivity contribution is 0.103. The fourth-order valence-electron chi connectivity index (χ4n) is 2.89. The van der Waals surface area contributed by atoms with Gasteiger partial charge in [-0.1, -0.05) is 5.16 Å². The van der Waals surface area contributed by atoms with E-state index in [0.717, 1.165) is 18.9 Å². The zero-order chi connectivity index (χ0) is 16.9. The summed E-state index contributed by atoms with van der Waals surface area (Å²) in [5, 5.41) is 3.66. The standard InChI is InChI=1S/C16H14FNO5S/c17-12-5-4-10(16-15(12)22-6-1-7-24(16,20)21)13(19)11-8-18-23-14(11)9-2-3-9/h4-5,8-9H,1-3,6-7H2. The summed E-state index contributed by atoms with van der Waals surface area (Å²) in [4.78, 5) is 12.5. The molecule has 8 heteroatoms. The minimum absolute atomic E-state index is 0.0847. The highest BCUT2D eigenvalue weighted by Crippen LogP contribution is 2.43. The lowest BCUT2D eigenvalue weighted by Crippen LogP contribution is -2.13. The number of benzene rings is 1. The van der Waals surface area contributed by atoms with E-state index in [4.69, 9.17) is 9.26 Å². The Morgan fingerprint density at radius 3 is 2.79 bits per heavy atom. The molecule has 0 unspecified atom stereocenters. The maximum Gasteiger partial charge on any atom is 0.199 e. The van der Waals surface area contributed by atoms with Crippen molar-refractivity contribution in [2.75, 3.05) is 12.4 Å². The Morgan fingerprint density at radius 2 is 2.04 bits per heavy atom. The van der Waals surface area contributed by atoms with E-state index in [1.807, 2.05) is 0 Å².